The van der Waals surface area contributed by atoms with Crippen LogP contribution < -0.4 is 10.5 Å². The topological polar surface area (TPSA) is 35.2 Å². The SMILES string of the molecule is CCOc1ccccc1C(N)c1ccc(C)cc1F. The third-order valence-electron chi connectivity index (χ3n) is 3.04. The normalized spacial score (nSPS) is 12.2. The molecule has 2 aromatic carbocycles. The van der Waals surface area contributed by atoms with Crippen molar-refractivity contribution in [3.63, 3.8) is 0 Å². The predicted octanol–water partition coefficient (Wildman–Crippen LogP) is 3.58. The minimum atomic E-state index is -0.525. The molecular weight excluding hydrogens is 241 g/mol. The fraction of sp³-hybridized carbons (Fsp3) is 0.250. The van der Waals surface area contributed by atoms with E-state index in [1.165, 1.54) is 6.07 Å². The van der Waals surface area contributed by atoms with Crippen LogP contribution in [0.4, 0.5) is 4.39 Å². The second-order valence-corrected chi connectivity index (χ2v) is 4.47. The van der Waals surface area contributed by atoms with Crippen LogP contribution in [0.5, 0.6) is 5.75 Å². The average molecular weight is 259 g/mol. The number of ether oxygens (including phenoxy) is 1. The zero-order valence-corrected chi connectivity index (χ0v) is 11.2. The van der Waals surface area contributed by atoms with Gasteiger partial charge in [-0.15, -0.1) is 0 Å². The van der Waals surface area contributed by atoms with Gasteiger partial charge in [0.1, 0.15) is 11.6 Å². The van der Waals surface area contributed by atoms with Gasteiger partial charge in [-0.25, -0.2) is 4.39 Å². The number of benzene rings is 2. The molecule has 0 aliphatic carbocycles. The molecule has 3 heteroatoms. The van der Waals surface area contributed by atoms with Crippen molar-refractivity contribution in [2.24, 2.45) is 5.73 Å². The molecule has 100 valence electrons. The summed E-state index contributed by atoms with van der Waals surface area (Å²) in [5.74, 6) is 0.427. The minimum absolute atomic E-state index is 0.279. The Labute approximate surface area is 113 Å². The molecule has 0 aromatic heterocycles. The Morgan fingerprint density at radius 3 is 2.58 bits per heavy atom. The van der Waals surface area contributed by atoms with E-state index in [0.29, 0.717) is 17.9 Å². The van der Waals surface area contributed by atoms with E-state index in [2.05, 4.69) is 0 Å². The first-order chi connectivity index (χ1) is 9.13. The molecule has 0 aliphatic rings. The van der Waals surface area contributed by atoms with Gasteiger partial charge >= 0.3 is 0 Å². The van der Waals surface area contributed by atoms with Crippen molar-refractivity contribution >= 4 is 0 Å². The molecule has 0 fully saturated rings. The van der Waals surface area contributed by atoms with Crippen LogP contribution in [0.1, 0.15) is 29.7 Å². The predicted molar refractivity (Wildman–Crippen MR) is 74.8 cm³/mol. The zero-order valence-electron chi connectivity index (χ0n) is 11.2. The minimum Gasteiger partial charge on any atom is -0.494 e. The maximum atomic E-state index is 14.0. The molecule has 2 rings (SSSR count). The summed E-state index contributed by atoms with van der Waals surface area (Å²) in [6, 6.07) is 12.1. The van der Waals surface area contributed by atoms with Crippen LogP contribution in [0.3, 0.4) is 0 Å². The van der Waals surface area contributed by atoms with Gasteiger partial charge in [-0.1, -0.05) is 30.3 Å². The zero-order chi connectivity index (χ0) is 13.8. The summed E-state index contributed by atoms with van der Waals surface area (Å²) in [4.78, 5) is 0. The molecule has 2 nitrogen and oxygen atoms in total. The highest BCUT2D eigenvalue weighted by Crippen LogP contribution is 2.29. The van der Waals surface area contributed by atoms with Gasteiger partial charge in [0.25, 0.3) is 0 Å². The second-order valence-electron chi connectivity index (χ2n) is 4.47. The van der Waals surface area contributed by atoms with Crippen LogP contribution >= 0.6 is 0 Å². The number of nitrogens with two attached hydrogens (primary N) is 1. The van der Waals surface area contributed by atoms with Gasteiger partial charge < -0.3 is 10.5 Å². The largest absolute Gasteiger partial charge is 0.494 e. The van der Waals surface area contributed by atoms with E-state index in [1.54, 1.807) is 6.07 Å². The molecule has 0 spiro atoms. The summed E-state index contributed by atoms with van der Waals surface area (Å²) >= 11 is 0. The van der Waals surface area contributed by atoms with Crippen molar-refractivity contribution in [2.45, 2.75) is 19.9 Å². The number of rotatable bonds is 4. The fourth-order valence-corrected chi connectivity index (χ4v) is 2.08. The fourth-order valence-electron chi connectivity index (χ4n) is 2.08. The molecule has 0 bridgehead atoms. The smallest absolute Gasteiger partial charge is 0.128 e. The van der Waals surface area contributed by atoms with Gasteiger partial charge in [-0.3, -0.25) is 0 Å². The lowest BCUT2D eigenvalue weighted by atomic mass is 9.97. The molecule has 2 N–H and O–H groups in total. The molecule has 0 saturated heterocycles. The van der Waals surface area contributed by atoms with Crippen molar-refractivity contribution in [1.29, 1.82) is 0 Å². The van der Waals surface area contributed by atoms with Gasteiger partial charge in [0, 0.05) is 11.1 Å². The molecule has 0 amide bonds. The van der Waals surface area contributed by atoms with Gasteiger partial charge in [0.15, 0.2) is 0 Å². The monoisotopic (exact) mass is 259 g/mol. The number of hydrogen-bond donors (Lipinski definition) is 1. The molecule has 19 heavy (non-hydrogen) atoms. The average Bonchev–Trinajstić information content (AvgIpc) is 2.39. The standard InChI is InChI=1S/C16H18FNO/c1-3-19-15-7-5-4-6-13(15)16(18)12-9-8-11(2)10-14(12)17/h4-10,16H,3,18H2,1-2H3. The van der Waals surface area contributed by atoms with Crippen molar-refractivity contribution in [1.82, 2.24) is 0 Å². The van der Waals surface area contributed by atoms with Gasteiger partial charge in [-0.05, 0) is 31.5 Å². The van der Waals surface area contributed by atoms with Gasteiger partial charge in [0.2, 0.25) is 0 Å². The highest BCUT2D eigenvalue weighted by atomic mass is 19.1. The summed E-state index contributed by atoms with van der Waals surface area (Å²) in [5.41, 5.74) is 8.34. The lowest BCUT2D eigenvalue weighted by Gasteiger charge is -2.17. The Balaban J connectivity index is 2.41. The first-order valence-corrected chi connectivity index (χ1v) is 6.36. The van der Waals surface area contributed by atoms with E-state index in [-0.39, 0.29) is 5.82 Å². The number of aryl methyl sites for hydroxylation is 1. The van der Waals surface area contributed by atoms with Crippen molar-refractivity contribution in [3.8, 4) is 5.75 Å². The van der Waals surface area contributed by atoms with E-state index >= 15 is 0 Å². The summed E-state index contributed by atoms with van der Waals surface area (Å²) in [6.45, 7) is 4.32. The van der Waals surface area contributed by atoms with Gasteiger partial charge in [0.05, 0.1) is 12.6 Å². The summed E-state index contributed by atoms with van der Waals surface area (Å²) in [7, 11) is 0. The van der Waals surface area contributed by atoms with Crippen molar-refractivity contribution < 1.29 is 9.13 Å². The van der Waals surface area contributed by atoms with Crippen molar-refractivity contribution in [3.05, 3.63) is 65.0 Å². The van der Waals surface area contributed by atoms with Crippen LogP contribution in [-0.2, 0) is 0 Å². The van der Waals surface area contributed by atoms with Crippen molar-refractivity contribution in [2.75, 3.05) is 6.61 Å². The van der Waals surface area contributed by atoms with E-state index in [1.807, 2.05) is 44.2 Å². The first kappa shape index (κ1) is 13.6. The molecule has 0 aliphatic heterocycles. The Morgan fingerprint density at radius 1 is 1.16 bits per heavy atom. The number of halogens is 1. The third-order valence-corrected chi connectivity index (χ3v) is 3.04. The Kier molecular flexibility index (Phi) is 4.17. The highest BCUT2D eigenvalue weighted by molar-refractivity contribution is 5.42. The Hall–Kier alpha value is -1.87. The maximum Gasteiger partial charge on any atom is 0.128 e. The lowest BCUT2D eigenvalue weighted by molar-refractivity contribution is 0.335. The highest BCUT2D eigenvalue weighted by Gasteiger charge is 2.17. The van der Waals surface area contributed by atoms with Crippen LogP contribution in [0.15, 0.2) is 42.5 Å². The van der Waals surface area contributed by atoms with Crippen LogP contribution in [0, 0.1) is 12.7 Å². The van der Waals surface area contributed by atoms with Crippen LogP contribution in [-0.4, -0.2) is 6.61 Å². The summed E-state index contributed by atoms with van der Waals surface area (Å²) < 4.78 is 19.5. The van der Waals surface area contributed by atoms with Gasteiger partial charge in [-0.2, -0.15) is 0 Å². The van der Waals surface area contributed by atoms with Crippen LogP contribution in [0.25, 0.3) is 0 Å². The third kappa shape index (κ3) is 2.93. The molecule has 0 heterocycles. The summed E-state index contributed by atoms with van der Waals surface area (Å²) in [5, 5.41) is 0. The van der Waals surface area contributed by atoms with E-state index in [0.717, 1.165) is 11.1 Å². The second kappa shape index (κ2) is 5.85. The number of hydrogen-bond acceptors (Lipinski definition) is 2. The summed E-state index contributed by atoms with van der Waals surface area (Å²) in [6.07, 6.45) is 0. The number of para-hydroxylation sites is 1. The van der Waals surface area contributed by atoms with E-state index < -0.39 is 6.04 Å². The van der Waals surface area contributed by atoms with Crippen LogP contribution in [0.2, 0.25) is 0 Å². The van der Waals surface area contributed by atoms with E-state index in [4.69, 9.17) is 10.5 Å². The molecule has 2 aromatic rings. The quantitative estimate of drug-likeness (QED) is 0.910. The Morgan fingerprint density at radius 2 is 1.89 bits per heavy atom. The lowest BCUT2D eigenvalue weighted by Crippen LogP contribution is -2.15. The maximum absolute atomic E-state index is 14.0. The molecule has 0 radical (unpaired) electrons. The molecule has 0 saturated carbocycles. The molecule has 1 atom stereocenters. The van der Waals surface area contributed by atoms with E-state index in [9.17, 15) is 4.39 Å². The molecular formula is C16H18FNO. The Bertz CT molecular complexity index is 568. The first-order valence-electron chi connectivity index (χ1n) is 6.36. The molecule has 1 unspecified atom stereocenters.